The highest BCUT2D eigenvalue weighted by atomic mass is 15.1. The summed E-state index contributed by atoms with van der Waals surface area (Å²) in [6.45, 7) is 3.16. The molecule has 0 amide bonds. The Hall–Kier alpha value is -1.37. The number of rotatable bonds is 4. The molecule has 0 radical (unpaired) electrons. The van der Waals surface area contributed by atoms with Crippen LogP contribution in [0.4, 0.5) is 0 Å². The Morgan fingerprint density at radius 2 is 2.18 bits per heavy atom. The Labute approximate surface area is 103 Å². The first-order valence-corrected chi connectivity index (χ1v) is 6.22. The number of nitriles is 1. The summed E-state index contributed by atoms with van der Waals surface area (Å²) in [7, 11) is 0. The van der Waals surface area contributed by atoms with Gasteiger partial charge in [0.25, 0.3) is 0 Å². The molecule has 2 unspecified atom stereocenters. The van der Waals surface area contributed by atoms with Gasteiger partial charge in [0, 0.05) is 13.1 Å². The van der Waals surface area contributed by atoms with E-state index in [1.807, 2.05) is 0 Å². The summed E-state index contributed by atoms with van der Waals surface area (Å²) in [5, 5.41) is 8.65. The van der Waals surface area contributed by atoms with Gasteiger partial charge in [-0.1, -0.05) is 30.3 Å². The van der Waals surface area contributed by atoms with Gasteiger partial charge < -0.3 is 10.6 Å². The van der Waals surface area contributed by atoms with E-state index in [0.29, 0.717) is 5.92 Å². The van der Waals surface area contributed by atoms with Crippen molar-refractivity contribution in [3.63, 3.8) is 0 Å². The van der Waals surface area contributed by atoms with E-state index in [0.717, 1.165) is 26.1 Å². The quantitative estimate of drug-likeness (QED) is 0.855. The first-order valence-electron chi connectivity index (χ1n) is 6.22. The zero-order chi connectivity index (χ0) is 12.1. The van der Waals surface area contributed by atoms with Crippen molar-refractivity contribution >= 4 is 0 Å². The van der Waals surface area contributed by atoms with E-state index in [2.05, 4.69) is 41.3 Å². The van der Waals surface area contributed by atoms with Gasteiger partial charge in [-0.05, 0) is 30.9 Å². The predicted octanol–water partition coefficient (Wildman–Crippen LogP) is 1.72. The molecule has 3 heteroatoms. The van der Waals surface area contributed by atoms with Crippen LogP contribution in [-0.4, -0.2) is 30.6 Å². The summed E-state index contributed by atoms with van der Waals surface area (Å²) in [4.78, 5) is 2.41. The molecule has 0 spiro atoms. The topological polar surface area (TPSA) is 53.1 Å². The lowest BCUT2D eigenvalue weighted by molar-refractivity contribution is 0.325. The zero-order valence-electron chi connectivity index (χ0n) is 10.0. The van der Waals surface area contributed by atoms with Crippen LogP contribution < -0.4 is 5.73 Å². The van der Waals surface area contributed by atoms with Gasteiger partial charge in [0.15, 0.2) is 0 Å². The molecule has 0 aromatic heterocycles. The molecule has 1 aromatic rings. The highest BCUT2D eigenvalue weighted by Gasteiger charge is 2.23. The monoisotopic (exact) mass is 229 g/mol. The molecule has 1 saturated heterocycles. The summed E-state index contributed by atoms with van der Waals surface area (Å²) in [5.41, 5.74) is 7.04. The van der Waals surface area contributed by atoms with Crippen LogP contribution in [-0.2, 0) is 0 Å². The SMILES string of the molecule is N#CC(N)CCN1CCC(c2ccccc2)C1. The molecule has 90 valence electrons. The smallest absolute Gasteiger partial charge is 0.0940 e. The van der Waals surface area contributed by atoms with Crippen molar-refractivity contribution in [1.29, 1.82) is 5.26 Å². The molecule has 1 aliphatic rings. The first-order chi connectivity index (χ1) is 8.29. The van der Waals surface area contributed by atoms with Crippen LogP contribution in [0, 0.1) is 11.3 Å². The lowest BCUT2D eigenvalue weighted by Gasteiger charge is -2.16. The Balaban J connectivity index is 1.82. The summed E-state index contributed by atoms with van der Waals surface area (Å²) in [5.74, 6) is 0.648. The van der Waals surface area contributed by atoms with Gasteiger partial charge in [0.1, 0.15) is 0 Å². The van der Waals surface area contributed by atoms with Crippen molar-refractivity contribution in [3.05, 3.63) is 35.9 Å². The average Bonchev–Trinajstić information content (AvgIpc) is 2.86. The number of hydrogen-bond acceptors (Lipinski definition) is 3. The second-order valence-electron chi connectivity index (χ2n) is 4.72. The lowest BCUT2D eigenvalue weighted by atomic mass is 9.99. The summed E-state index contributed by atoms with van der Waals surface area (Å²) in [6, 6.07) is 12.4. The van der Waals surface area contributed by atoms with E-state index < -0.39 is 0 Å². The fourth-order valence-corrected chi connectivity index (χ4v) is 2.42. The third-order valence-corrected chi connectivity index (χ3v) is 3.47. The largest absolute Gasteiger partial charge is 0.316 e. The van der Waals surface area contributed by atoms with Gasteiger partial charge in [-0.25, -0.2) is 0 Å². The van der Waals surface area contributed by atoms with Crippen molar-refractivity contribution in [2.45, 2.75) is 24.8 Å². The van der Waals surface area contributed by atoms with Crippen molar-refractivity contribution in [2.24, 2.45) is 5.73 Å². The molecular formula is C14H19N3. The maximum absolute atomic E-state index is 8.65. The molecule has 0 bridgehead atoms. The molecule has 2 N–H and O–H groups in total. The van der Waals surface area contributed by atoms with Gasteiger partial charge in [-0.15, -0.1) is 0 Å². The minimum absolute atomic E-state index is 0.314. The van der Waals surface area contributed by atoms with E-state index in [4.69, 9.17) is 11.0 Å². The number of likely N-dealkylation sites (tertiary alicyclic amines) is 1. The van der Waals surface area contributed by atoms with E-state index in [9.17, 15) is 0 Å². The first kappa shape index (κ1) is 12.1. The zero-order valence-corrected chi connectivity index (χ0v) is 10.0. The molecule has 1 aliphatic heterocycles. The molecule has 1 fully saturated rings. The number of hydrogen-bond donors (Lipinski definition) is 1. The van der Waals surface area contributed by atoms with Crippen LogP contribution in [0.2, 0.25) is 0 Å². The fraction of sp³-hybridized carbons (Fsp3) is 0.500. The molecule has 0 saturated carbocycles. The average molecular weight is 229 g/mol. The highest BCUT2D eigenvalue weighted by molar-refractivity contribution is 5.20. The van der Waals surface area contributed by atoms with E-state index >= 15 is 0 Å². The van der Waals surface area contributed by atoms with Crippen LogP contribution in [0.25, 0.3) is 0 Å². The molecule has 0 aliphatic carbocycles. The minimum atomic E-state index is -0.314. The second kappa shape index (κ2) is 5.81. The standard InChI is InChI=1S/C14H19N3/c15-10-14(16)7-9-17-8-6-13(11-17)12-4-2-1-3-5-12/h1-5,13-14H,6-9,11,16H2. The van der Waals surface area contributed by atoms with Crippen LogP contribution in [0.5, 0.6) is 0 Å². The van der Waals surface area contributed by atoms with Crippen LogP contribution in [0.3, 0.4) is 0 Å². The van der Waals surface area contributed by atoms with Crippen molar-refractivity contribution in [3.8, 4) is 6.07 Å². The van der Waals surface area contributed by atoms with E-state index in [1.165, 1.54) is 12.0 Å². The number of benzene rings is 1. The minimum Gasteiger partial charge on any atom is -0.316 e. The number of nitrogens with zero attached hydrogens (tertiary/aromatic N) is 2. The van der Waals surface area contributed by atoms with Gasteiger partial charge in [0.05, 0.1) is 12.1 Å². The molecule has 17 heavy (non-hydrogen) atoms. The Kier molecular flexibility index (Phi) is 4.13. The molecule has 2 atom stereocenters. The molecule has 2 rings (SSSR count). The van der Waals surface area contributed by atoms with Gasteiger partial charge in [-0.3, -0.25) is 0 Å². The van der Waals surface area contributed by atoms with Crippen LogP contribution in [0.1, 0.15) is 24.3 Å². The van der Waals surface area contributed by atoms with Crippen molar-refractivity contribution in [1.82, 2.24) is 4.90 Å². The van der Waals surface area contributed by atoms with E-state index in [-0.39, 0.29) is 6.04 Å². The summed E-state index contributed by atoms with van der Waals surface area (Å²) < 4.78 is 0. The Morgan fingerprint density at radius 3 is 2.88 bits per heavy atom. The van der Waals surface area contributed by atoms with Crippen LogP contribution in [0.15, 0.2) is 30.3 Å². The van der Waals surface area contributed by atoms with E-state index in [1.54, 1.807) is 0 Å². The molecular weight excluding hydrogens is 210 g/mol. The van der Waals surface area contributed by atoms with Gasteiger partial charge >= 0.3 is 0 Å². The van der Waals surface area contributed by atoms with Crippen molar-refractivity contribution < 1.29 is 0 Å². The maximum Gasteiger partial charge on any atom is 0.0940 e. The lowest BCUT2D eigenvalue weighted by Crippen LogP contribution is -2.28. The molecule has 1 aromatic carbocycles. The Morgan fingerprint density at radius 1 is 1.41 bits per heavy atom. The highest BCUT2D eigenvalue weighted by Crippen LogP contribution is 2.26. The maximum atomic E-state index is 8.65. The predicted molar refractivity (Wildman–Crippen MR) is 68.4 cm³/mol. The summed E-state index contributed by atoms with van der Waals surface area (Å²) >= 11 is 0. The Bertz CT molecular complexity index is 382. The normalized spacial score (nSPS) is 22.2. The molecule has 3 nitrogen and oxygen atoms in total. The number of nitrogens with two attached hydrogens (primary N) is 1. The third-order valence-electron chi connectivity index (χ3n) is 3.47. The van der Waals surface area contributed by atoms with Gasteiger partial charge in [0.2, 0.25) is 0 Å². The fourth-order valence-electron chi connectivity index (χ4n) is 2.42. The van der Waals surface area contributed by atoms with Crippen molar-refractivity contribution in [2.75, 3.05) is 19.6 Å². The van der Waals surface area contributed by atoms with Crippen LogP contribution >= 0.6 is 0 Å². The second-order valence-corrected chi connectivity index (χ2v) is 4.72. The molecule has 1 heterocycles. The third kappa shape index (κ3) is 3.29. The van der Waals surface area contributed by atoms with Gasteiger partial charge in [-0.2, -0.15) is 5.26 Å². The summed E-state index contributed by atoms with van der Waals surface area (Å²) in [6.07, 6.45) is 1.99.